The van der Waals surface area contributed by atoms with Gasteiger partial charge >= 0.3 is 5.97 Å². The fraction of sp³-hybridized carbons (Fsp3) is 0.346. The zero-order chi connectivity index (χ0) is 26.4. The first kappa shape index (κ1) is 27.6. The lowest BCUT2D eigenvalue weighted by molar-refractivity contribution is 0.00766. The van der Waals surface area contributed by atoms with E-state index in [1.165, 1.54) is 17.5 Å². The summed E-state index contributed by atoms with van der Waals surface area (Å²) >= 11 is 7.16. The number of nitrogens with zero attached hydrogens (tertiary/aromatic N) is 2. The van der Waals surface area contributed by atoms with Gasteiger partial charge in [-0.05, 0) is 46.8 Å². The molecule has 2 aromatic carbocycles. The highest BCUT2D eigenvalue weighted by molar-refractivity contribution is 7.89. The van der Waals surface area contributed by atoms with Crippen molar-refractivity contribution in [3.63, 3.8) is 0 Å². The van der Waals surface area contributed by atoms with Crippen LogP contribution in [0.25, 0.3) is 0 Å². The predicted molar refractivity (Wildman–Crippen MR) is 143 cm³/mol. The third-order valence-electron chi connectivity index (χ3n) is 6.20. The van der Waals surface area contributed by atoms with Crippen molar-refractivity contribution in [2.24, 2.45) is 0 Å². The Morgan fingerprint density at radius 1 is 1.05 bits per heavy atom. The molecule has 1 saturated heterocycles. The molecule has 0 unspecified atom stereocenters. The van der Waals surface area contributed by atoms with Gasteiger partial charge < -0.3 is 14.2 Å². The Labute approximate surface area is 226 Å². The summed E-state index contributed by atoms with van der Waals surface area (Å²) in [5.74, 6) is 0.119. The van der Waals surface area contributed by atoms with Crippen LogP contribution in [0.15, 0.2) is 64.9 Å². The second-order valence-electron chi connectivity index (χ2n) is 8.51. The van der Waals surface area contributed by atoms with E-state index in [1.807, 2.05) is 48.5 Å². The van der Waals surface area contributed by atoms with Crippen LogP contribution in [0.5, 0.6) is 5.75 Å². The summed E-state index contributed by atoms with van der Waals surface area (Å²) in [5.41, 5.74) is 1.98. The highest BCUT2D eigenvalue weighted by Gasteiger charge is 2.33. The number of benzene rings is 2. The lowest BCUT2D eigenvalue weighted by atomic mass is 10.1. The van der Waals surface area contributed by atoms with E-state index < -0.39 is 16.0 Å². The summed E-state index contributed by atoms with van der Waals surface area (Å²) in [7, 11) is -0.937. The first-order valence-electron chi connectivity index (χ1n) is 11.7. The van der Waals surface area contributed by atoms with Gasteiger partial charge in [-0.15, -0.1) is 11.3 Å². The summed E-state index contributed by atoms with van der Waals surface area (Å²) in [5, 5.41) is 2.24. The van der Waals surface area contributed by atoms with Crippen LogP contribution in [-0.4, -0.2) is 70.5 Å². The van der Waals surface area contributed by atoms with Crippen molar-refractivity contribution in [1.29, 1.82) is 0 Å². The smallest absolute Gasteiger partial charge is 0.349 e. The molecule has 0 radical (unpaired) electrons. The number of sulfonamides is 1. The van der Waals surface area contributed by atoms with Crippen molar-refractivity contribution in [2.75, 3.05) is 46.9 Å². The summed E-state index contributed by atoms with van der Waals surface area (Å²) in [6.45, 7) is 2.66. The molecule has 0 bridgehead atoms. The number of carbonyl (C=O) groups is 1. The molecule has 1 atom stereocenters. The van der Waals surface area contributed by atoms with E-state index in [0.717, 1.165) is 28.2 Å². The summed E-state index contributed by atoms with van der Waals surface area (Å²) in [4.78, 5) is 14.3. The minimum absolute atomic E-state index is 0.00142. The molecule has 3 aromatic rings. The molecule has 1 aliphatic heterocycles. The molecular weight excluding hydrogens is 536 g/mol. The fourth-order valence-corrected chi connectivity index (χ4v) is 7.02. The molecule has 0 amide bonds. The van der Waals surface area contributed by atoms with Crippen molar-refractivity contribution in [2.45, 2.75) is 17.6 Å². The minimum atomic E-state index is -3.81. The van der Waals surface area contributed by atoms with Crippen LogP contribution in [-0.2, 0) is 26.1 Å². The summed E-state index contributed by atoms with van der Waals surface area (Å²) in [6.07, 6.45) is -0.241. The molecule has 1 aromatic heterocycles. The topological polar surface area (TPSA) is 85.4 Å². The van der Waals surface area contributed by atoms with Gasteiger partial charge in [0.2, 0.25) is 10.0 Å². The van der Waals surface area contributed by atoms with Crippen LogP contribution in [0, 0.1) is 0 Å². The first-order valence-corrected chi connectivity index (χ1v) is 14.4. The standard InChI is InChI=1S/C26H29ClN2O6S2/c1-33-22-5-3-4-19(16-22)18-35-23(20-6-8-21(27)9-7-20)17-28-11-13-29(14-12-28)37(31,32)24-10-15-36-25(24)26(30)34-2/h3-10,15-16,23H,11-14,17-18H2,1-2H3/t23-/m1/s1. The molecule has 2 heterocycles. The zero-order valence-corrected chi connectivity index (χ0v) is 23.0. The highest BCUT2D eigenvalue weighted by Crippen LogP contribution is 2.28. The van der Waals surface area contributed by atoms with E-state index in [4.69, 9.17) is 25.8 Å². The Morgan fingerprint density at radius 3 is 2.46 bits per heavy atom. The van der Waals surface area contributed by atoms with Crippen molar-refractivity contribution < 1.29 is 27.4 Å². The van der Waals surface area contributed by atoms with Crippen molar-refractivity contribution >= 4 is 38.9 Å². The van der Waals surface area contributed by atoms with E-state index >= 15 is 0 Å². The van der Waals surface area contributed by atoms with Crippen LogP contribution >= 0.6 is 22.9 Å². The van der Waals surface area contributed by atoms with E-state index in [0.29, 0.717) is 44.4 Å². The second-order valence-corrected chi connectivity index (χ2v) is 11.8. The molecule has 198 valence electrons. The molecule has 37 heavy (non-hydrogen) atoms. The molecule has 1 aliphatic rings. The number of ether oxygens (including phenoxy) is 3. The number of rotatable bonds is 10. The van der Waals surface area contributed by atoms with Crippen LogP contribution in [0.4, 0.5) is 0 Å². The van der Waals surface area contributed by atoms with Crippen LogP contribution in [0.1, 0.15) is 26.9 Å². The average molecular weight is 565 g/mol. The second kappa shape index (κ2) is 12.4. The van der Waals surface area contributed by atoms with Gasteiger partial charge in [0.05, 0.1) is 26.9 Å². The van der Waals surface area contributed by atoms with Gasteiger partial charge in [0, 0.05) is 37.7 Å². The minimum Gasteiger partial charge on any atom is -0.497 e. The molecule has 1 fully saturated rings. The molecule has 4 rings (SSSR count). The Bertz CT molecular complexity index is 1300. The quantitative estimate of drug-likeness (QED) is 0.336. The number of hydrogen-bond acceptors (Lipinski definition) is 8. The normalized spacial score (nSPS) is 15.9. The first-order chi connectivity index (χ1) is 17.8. The van der Waals surface area contributed by atoms with Gasteiger partial charge in [-0.1, -0.05) is 35.9 Å². The third-order valence-corrected chi connectivity index (χ3v) is 9.42. The predicted octanol–water partition coefficient (Wildman–Crippen LogP) is 4.46. The van der Waals surface area contributed by atoms with Crippen molar-refractivity contribution in [3.8, 4) is 5.75 Å². The van der Waals surface area contributed by atoms with Gasteiger partial charge in [-0.25, -0.2) is 13.2 Å². The monoisotopic (exact) mass is 564 g/mol. The third kappa shape index (κ3) is 6.70. The van der Waals surface area contributed by atoms with Crippen molar-refractivity contribution in [1.82, 2.24) is 9.21 Å². The molecule has 0 saturated carbocycles. The largest absolute Gasteiger partial charge is 0.497 e. The molecular formula is C26H29ClN2O6S2. The summed E-state index contributed by atoms with van der Waals surface area (Å²) in [6, 6.07) is 16.8. The van der Waals surface area contributed by atoms with Crippen LogP contribution < -0.4 is 4.74 Å². The van der Waals surface area contributed by atoms with E-state index in [-0.39, 0.29) is 15.9 Å². The Balaban J connectivity index is 1.43. The maximum atomic E-state index is 13.2. The van der Waals surface area contributed by atoms with Gasteiger partial charge in [-0.3, -0.25) is 4.90 Å². The molecule has 11 heteroatoms. The Hall–Kier alpha value is -2.47. The van der Waals surface area contributed by atoms with Gasteiger partial charge in [0.1, 0.15) is 15.5 Å². The highest BCUT2D eigenvalue weighted by atomic mass is 35.5. The maximum Gasteiger partial charge on any atom is 0.349 e. The number of methoxy groups -OCH3 is 2. The molecule has 0 N–H and O–H groups in total. The zero-order valence-electron chi connectivity index (χ0n) is 20.6. The molecule has 0 spiro atoms. The molecule has 8 nitrogen and oxygen atoms in total. The number of hydrogen-bond donors (Lipinski definition) is 0. The van der Waals surface area contributed by atoms with Gasteiger partial charge in [0.25, 0.3) is 0 Å². The summed E-state index contributed by atoms with van der Waals surface area (Å²) < 4.78 is 44.3. The van der Waals surface area contributed by atoms with E-state index in [1.54, 1.807) is 12.5 Å². The SMILES string of the molecule is COC(=O)c1sccc1S(=O)(=O)N1CCN(C[C@@H](OCc2cccc(OC)c2)c2ccc(Cl)cc2)CC1. The lowest BCUT2D eigenvalue weighted by Crippen LogP contribution is -2.49. The van der Waals surface area contributed by atoms with E-state index in [9.17, 15) is 13.2 Å². The Kier molecular flexibility index (Phi) is 9.22. The Morgan fingerprint density at radius 2 is 1.78 bits per heavy atom. The van der Waals surface area contributed by atoms with Crippen LogP contribution in [0.2, 0.25) is 5.02 Å². The van der Waals surface area contributed by atoms with Gasteiger partial charge in [-0.2, -0.15) is 4.31 Å². The number of halogens is 1. The maximum absolute atomic E-state index is 13.2. The number of thiophene rings is 1. The average Bonchev–Trinajstić information content (AvgIpc) is 3.43. The fourth-order valence-electron chi connectivity index (χ4n) is 4.16. The van der Waals surface area contributed by atoms with Gasteiger partial charge in [0.15, 0.2) is 0 Å². The number of esters is 1. The van der Waals surface area contributed by atoms with E-state index in [2.05, 4.69) is 4.90 Å². The molecule has 0 aliphatic carbocycles. The van der Waals surface area contributed by atoms with Crippen molar-refractivity contribution in [3.05, 3.63) is 81.0 Å². The lowest BCUT2D eigenvalue weighted by Gasteiger charge is -2.35. The number of piperazine rings is 1. The van der Waals surface area contributed by atoms with Crippen LogP contribution in [0.3, 0.4) is 0 Å². The number of carbonyl (C=O) groups excluding carboxylic acids is 1.